The molecular weight excluding hydrogens is 248 g/mol. The highest BCUT2D eigenvalue weighted by Gasteiger charge is 2.30. The number of hydrogen-bond donors (Lipinski definition) is 1. The Labute approximate surface area is 122 Å². The predicted octanol–water partition coefficient (Wildman–Crippen LogP) is 3.37. The third-order valence-corrected chi connectivity index (χ3v) is 4.73. The van der Waals surface area contributed by atoms with Gasteiger partial charge in [-0.05, 0) is 48.9 Å². The fourth-order valence-corrected chi connectivity index (χ4v) is 3.15. The van der Waals surface area contributed by atoms with Crippen molar-refractivity contribution in [3.05, 3.63) is 24.3 Å². The van der Waals surface area contributed by atoms with Gasteiger partial charge in [-0.25, -0.2) is 0 Å². The van der Waals surface area contributed by atoms with Crippen LogP contribution < -0.4 is 10.2 Å². The minimum Gasteiger partial charge on any atom is -0.382 e. The van der Waals surface area contributed by atoms with Crippen molar-refractivity contribution in [2.45, 2.75) is 32.7 Å². The van der Waals surface area contributed by atoms with Gasteiger partial charge in [-0.15, -0.1) is 0 Å². The molecule has 1 saturated carbocycles. The predicted molar refractivity (Wildman–Crippen MR) is 84.4 cm³/mol. The lowest BCUT2D eigenvalue weighted by Crippen LogP contribution is -2.38. The van der Waals surface area contributed by atoms with Crippen LogP contribution in [0.3, 0.4) is 0 Å². The molecule has 0 bridgehead atoms. The first-order valence-corrected chi connectivity index (χ1v) is 7.91. The van der Waals surface area contributed by atoms with E-state index in [1.807, 2.05) is 0 Å². The fourth-order valence-electron chi connectivity index (χ4n) is 3.15. The number of nitrogens with one attached hydrogen (secondary N) is 1. The lowest BCUT2D eigenvalue weighted by Gasteiger charge is -2.39. The summed E-state index contributed by atoms with van der Waals surface area (Å²) in [5, 5.41) is 3.65. The maximum atomic E-state index is 5.39. The minimum absolute atomic E-state index is 0.677. The fraction of sp³-hybridized carbons (Fsp3) is 0.647. The number of hydrogen-bond acceptors (Lipinski definition) is 3. The van der Waals surface area contributed by atoms with E-state index in [0.29, 0.717) is 6.04 Å². The molecule has 0 radical (unpaired) electrons. The summed E-state index contributed by atoms with van der Waals surface area (Å²) < 4.78 is 5.39. The molecule has 1 N–H and O–H groups in total. The molecule has 3 rings (SSSR count). The summed E-state index contributed by atoms with van der Waals surface area (Å²) in [5.41, 5.74) is 2.57. The van der Waals surface area contributed by atoms with Crippen molar-refractivity contribution < 1.29 is 4.74 Å². The van der Waals surface area contributed by atoms with Crippen molar-refractivity contribution in [3.63, 3.8) is 0 Å². The monoisotopic (exact) mass is 274 g/mol. The zero-order valence-corrected chi connectivity index (χ0v) is 12.6. The van der Waals surface area contributed by atoms with E-state index in [9.17, 15) is 0 Å². The topological polar surface area (TPSA) is 24.5 Å². The van der Waals surface area contributed by atoms with Crippen LogP contribution in [0.1, 0.15) is 26.7 Å². The van der Waals surface area contributed by atoms with Crippen LogP contribution in [0.15, 0.2) is 24.3 Å². The second-order valence-electron chi connectivity index (χ2n) is 6.46. The van der Waals surface area contributed by atoms with Gasteiger partial charge in [-0.1, -0.05) is 13.8 Å². The van der Waals surface area contributed by atoms with Crippen molar-refractivity contribution in [2.24, 2.45) is 11.8 Å². The molecule has 20 heavy (non-hydrogen) atoms. The van der Waals surface area contributed by atoms with Gasteiger partial charge in [0, 0.05) is 30.5 Å². The average molecular weight is 274 g/mol. The SMILES string of the molecule is CC(C)C1CC(Nc2ccc(N3CCOCC3)cc2)C1. The van der Waals surface area contributed by atoms with E-state index in [-0.39, 0.29) is 0 Å². The summed E-state index contributed by atoms with van der Waals surface area (Å²) >= 11 is 0. The number of benzene rings is 1. The maximum absolute atomic E-state index is 5.39. The van der Waals surface area contributed by atoms with E-state index < -0.39 is 0 Å². The molecule has 1 aliphatic heterocycles. The molecule has 1 saturated heterocycles. The van der Waals surface area contributed by atoms with E-state index in [2.05, 4.69) is 48.3 Å². The number of morpholine rings is 1. The Morgan fingerprint density at radius 1 is 1.10 bits per heavy atom. The number of anilines is 2. The molecule has 1 aromatic carbocycles. The van der Waals surface area contributed by atoms with E-state index >= 15 is 0 Å². The van der Waals surface area contributed by atoms with Crippen LogP contribution in [0.2, 0.25) is 0 Å². The molecule has 110 valence electrons. The summed E-state index contributed by atoms with van der Waals surface area (Å²) in [6, 6.07) is 9.57. The Morgan fingerprint density at radius 3 is 2.35 bits per heavy atom. The summed E-state index contributed by atoms with van der Waals surface area (Å²) in [6.45, 7) is 8.37. The van der Waals surface area contributed by atoms with Gasteiger partial charge < -0.3 is 15.0 Å². The van der Waals surface area contributed by atoms with E-state index in [0.717, 1.165) is 38.1 Å². The van der Waals surface area contributed by atoms with E-state index in [1.54, 1.807) is 0 Å². The van der Waals surface area contributed by atoms with Crippen LogP contribution >= 0.6 is 0 Å². The first-order valence-electron chi connectivity index (χ1n) is 7.91. The molecule has 2 aliphatic rings. The van der Waals surface area contributed by atoms with E-state index in [4.69, 9.17) is 4.74 Å². The molecule has 3 heteroatoms. The average Bonchev–Trinajstić information content (AvgIpc) is 2.43. The molecule has 1 heterocycles. The summed E-state index contributed by atoms with van der Waals surface area (Å²) in [5.74, 6) is 1.75. The summed E-state index contributed by atoms with van der Waals surface area (Å²) in [7, 11) is 0. The summed E-state index contributed by atoms with van der Waals surface area (Å²) in [6.07, 6.45) is 2.64. The second kappa shape index (κ2) is 6.04. The van der Waals surface area contributed by atoms with Crippen molar-refractivity contribution in [3.8, 4) is 0 Å². The zero-order chi connectivity index (χ0) is 13.9. The third-order valence-electron chi connectivity index (χ3n) is 4.73. The lowest BCUT2D eigenvalue weighted by atomic mass is 9.73. The van der Waals surface area contributed by atoms with Gasteiger partial charge in [-0.3, -0.25) is 0 Å². The Kier molecular flexibility index (Phi) is 4.16. The number of rotatable bonds is 4. The highest BCUT2D eigenvalue weighted by Crippen LogP contribution is 2.35. The molecule has 3 nitrogen and oxygen atoms in total. The minimum atomic E-state index is 0.677. The van der Waals surface area contributed by atoms with Crippen LogP contribution in [0.4, 0.5) is 11.4 Å². The van der Waals surface area contributed by atoms with Gasteiger partial charge >= 0.3 is 0 Å². The molecule has 0 unspecified atom stereocenters. The molecule has 0 amide bonds. The summed E-state index contributed by atoms with van der Waals surface area (Å²) in [4.78, 5) is 2.39. The van der Waals surface area contributed by atoms with Crippen LogP contribution in [-0.4, -0.2) is 32.3 Å². The quantitative estimate of drug-likeness (QED) is 0.911. The molecule has 0 spiro atoms. The van der Waals surface area contributed by atoms with Crippen LogP contribution in [-0.2, 0) is 4.74 Å². The first-order chi connectivity index (χ1) is 9.72. The maximum Gasteiger partial charge on any atom is 0.0642 e. The van der Waals surface area contributed by atoms with Crippen LogP contribution in [0.5, 0.6) is 0 Å². The lowest BCUT2D eigenvalue weighted by molar-refractivity contribution is 0.122. The highest BCUT2D eigenvalue weighted by molar-refractivity contribution is 5.55. The first kappa shape index (κ1) is 13.7. The zero-order valence-electron chi connectivity index (χ0n) is 12.6. The molecule has 1 aliphatic carbocycles. The Balaban J connectivity index is 1.52. The van der Waals surface area contributed by atoms with Gasteiger partial charge in [0.1, 0.15) is 0 Å². The highest BCUT2D eigenvalue weighted by atomic mass is 16.5. The van der Waals surface area contributed by atoms with Crippen LogP contribution in [0, 0.1) is 11.8 Å². The normalized spacial score (nSPS) is 26.4. The smallest absolute Gasteiger partial charge is 0.0642 e. The Hall–Kier alpha value is -1.22. The molecular formula is C17H26N2O. The van der Waals surface area contributed by atoms with Gasteiger partial charge in [0.05, 0.1) is 13.2 Å². The number of nitrogens with zero attached hydrogens (tertiary/aromatic N) is 1. The Morgan fingerprint density at radius 2 is 1.75 bits per heavy atom. The molecule has 0 aromatic heterocycles. The molecule has 0 atom stereocenters. The molecule has 2 fully saturated rings. The largest absolute Gasteiger partial charge is 0.382 e. The van der Waals surface area contributed by atoms with Crippen LogP contribution in [0.25, 0.3) is 0 Å². The van der Waals surface area contributed by atoms with Gasteiger partial charge in [0.15, 0.2) is 0 Å². The van der Waals surface area contributed by atoms with Crippen molar-refractivity contribution in [2.75, 3.05) is 36.5 Å². The van der Waals surface area contributed by atoms with Gasteiger partial charge in [0.2, 0.25) is 0 Å². The van der Waals surface area contributed by atoms with Crippen molar-refractivity contribution in [1.82, 2.24) is 0 Å². The van der Waals surface area contributed by atoms with Crippen molar-refractivity contribution >= 4 is 11.4 Å². The van der Waals surface area contributed by atoms with Gasteiger partial charge in [0.25, 0.3) is 0 Å². The molecule has 1 aromatic rings. The Bertz CT molecular complexity index is 417. The van der Waals surface area contributed by atoms with E-state index in [1.165, 1.54) is 24.2 Å². The van der Waals surface area contributed by atoms with Crippen molar-refractivity contribution in [1.29, 1.82) is 0 Å². The number of ether oxygens (including phenoxy) is 1. The van der Waals surface area contributed by atoms with Gasteiger partial charge in [-0.2, -0.15) is 0 Å². The second-order valence-corrected chi connectivity index (χ2v) is 6.46. The standard InChI is InChI=1S/C17H26N2O/c1-13(2)14-11-16(12-14)18-15-3-5-17(6-4-15)19-7-9-20-10-8-19/h3-6,13-14,16,18H,7-12H2,1-2H3. The third kappa shape index (κ3) is 3.09.